The van der Waals surface area contributed by atoms with E-state index >= 15 is 0 Å². The van der Waals surface area contributed by atoms with Crippen LogP contribution in [0.1, 0.15) is 303 Å². The van der Waals surface area contributed by atoms with Crippen LogP contribution >= 0.6 is 0 Å². The van der Waals surface area contributed by atoms with Gasteiger partial charge in [0.25, 0.3) is 0 Å². The molecule has 0 bridgehead atoms. The molecular weight excluding hydrogens is 877 g/mol. The third-order valence-corrected chi connectivity index (χ3v) is 13.2. The summed E-state index contributed by atoms with van der Waals surface area (Å²) in [5, 5.41) is 0. The molecule has 0 spiro atoms. The van der Waals surface area contributed by atoms with E-state index in [1.54, 1.807) is 0 Å². The van der Waals surface area contributed by atoms with Crippen LogP contribution in [0.4, 0.5) is 0 Å². The van der Waals surface area contributed by atoms with Gasteiger partial charge in [0, 0.05) is 19.3 Å². The maximum absolute atomic E-state index is 12.9. The van der Waals surface area contributed by atoms with E-state index in [2.05, 4.69) is 93.7 Å². The van der Waals surface area contributed by atoms with E-state index in [1.807, 2.05) is 0 Å². The summed E-state index contributed by atoms with van der Waals surface area (Å²) in [6, 6.07) is 0. The molecule has 0 radical (unpaired) electrons. The van der Waals surface area contributed by atoms with Crippen LogP contribution in [-0.4, -0.2) is 37.2 Å². The highest BCUT2D eigenvalue weighted by molar-refractivity contribution is 5.71. The average Bonchev–Trinajstić information content (AvgIpc) is 3.37. The van der Waals surface area contributed by atoms with Crippen molar-refractivity contribution in [3.63, 3.8) is 0 Å². The molecule has 1 atom stereocenters. The summed E-state index contributed by atoms with van der Waals surface area (Å²) in [7, 11) is 0. The number of hydrogen-bond acceptors (Lipinski definition) is 6. The van der Waals surface area contributed by atoms with Crippen LogP contribution in [0.5, 0.6) is 0 Å². The van der Waals surface area contributed by atoms with E-state index in [0.717, 1.165) is 89.9 Å². The Kier molecular flexibility index (Phi) is 56.8. The van der Waals surface area contributed by atoms with Crippen molar-refractivity contribution in [1.82, 2.24) is 0 Å². The van der Waals surface area contributed by atoms with Gasteiger partial charge in [0.2, 0.25) is 0 Å². The molecular formula is C65H114O6. The summed E-state index contributed by atoms with van der Waals surface area (Å²) in [4.78, 5) is 38.3. The Bertz CT molecular complexity index is 1320. The second kappa shape index (κ2) is 59.4. The average molecular weight is 992 g/mol. The zero-order valence-corrected chi connectivity index (χ0v) is 47.0. The third-order valence-electron chi connectivity index (χ3n) is 13.2. The SMILES string of the molecule is CCCCC/C=C\C/C=C\C/C=C\CCCCCCCCC(=O)OC[C@@H](COC(=O)CCCCCCCCC/C=C\CCCCCCCC)OC(=O)CCCCCCCCC/C=C\C/C=C\CCCCC. The zero-order chi connectivity index (χ0) is 51.4. The first-order valence-corrected chi connectivity index (χ1v) is 30.4. The quantitative estimate of drug-likeness (QED) is 0.0261. The Balaban J connectivity index is 4.42. The monoisotopic (exact) mass is 991 g/mol. The molecule has 0 aromatic heterocycles. The van der Waals surface area contributed by atoms with Crippen LogP contribution in [0.2, 0.25) is 0 Å². The molecule has 0 heterocycles. The maximum atomic E-state index is 12.9. The van der Waals surface area contributed by atoms with Gasteiger partial charge in [-0.3, -0.25) is 14.4 Å². The number of esters is 3. The van der Waals surface area contributed by atoms with Crippen LogP contribution in [0.3, 0.4) is 0 Å². The topological polar surface area (TPSA) is 78.9 Å². The summed E-state index contributed by atoms with van der Waals surface area (Å²) in [6.07, 6.45) is 76.0. The first kappa shape index (κ1) is 67.8. The van der Waals surface area contributed by atoms with Crippen LogP contribution in [0, 0.1) is 0 Å². The Hall–Kier alpha value is -3.15. The summed E-state index contributed by atoms with van der Waals surface area (Å²) >= 11 is 0. The van der Waals surface area contributed by atoms with Crippen molar-refractivity contribution in [2.24, 2.45) is 0 Å². The molecule has 0 aromatic carbocycles. The Morgan fingerprint density at radius 3 is 0.831 bits per heavy atom. The molecule has 0 saturated heterocycles. The van der Waals surface area contributed by atoms with Gasteiger partial charge in [0.05, 0.1) is 0 Å². The van der Waals surface area contributed by atoms with Crippen molar-refractivity contribution in [2.75, 3.05) is 13.2 Å². The molecule has 0 amide bonds. The van der Waals surface area contributed by atoms with Crippen LogP contribution < -0.4 is 0 Å². The zero-order valence-electron chi connectivity index (χ0n) is 47.0. The fourth-order valence-electron chi connectivity index (χ4n) is 8.53. The van der Waals surface area contributed by atoms with Crippen molar-refractivity contribution in [3.8, 4) is 0 Å². The van der Waals surface area contributed by atoms with E-state index in [1.165, 1.54) is 173 Å². The summed E-state index contributed by atoms with van der Waals surface area (Å²) < 4.78 is 16.9. The third kappa shape index (κ3) is 57.6. The van der Waals surface area contributed by atoms with Gasteiger partial charge in [0.1, 0.15) is 13.2 Å². The van der Waals surface area contributed by atoms with Crippen LogP contribution in [-0.2, 0) is 28.6 Å². The number of carbonyl (C=O) groups is 3. The largest absolute Gasteiger partial charge is 0.462 e. The number of allylic oxidation sites excluding steroid dienone is 12. The second-order valence-corrected chi connectivity index (χ2v) is 20.2. The minimum atomic E-state index is -0.788. The molecule has 0 aromatic rings. The van der Waals surface area contributed by atoms with Gasteiger partial charge in [0.15, 0.2) is 6.10 Å². The van der Waals surface area contributed by atoms with Crippen LogP contribution in [0.15, 0.2) is 72.9 Å². The lowest BCUT2D eigenvalue weighted by Gasteiger charge is -2.18. The van der Waals surface area contributed by atoms with Crippen molar-refractivity contribution >= 4 is 17.9 Å². The maximum Gasteiger partial charge on any atom is 0.306 e. The predicted molar refractivity (Wildman–Crippen MR) is 307 cm³/mol. The van der Waals surface area contributed by atoms with Gasteiger partial charge in [-0.2, -0.15) is 0 Å². The highest BCUT2D eigenvalue weighted by atomic mass is 16.6. The second-order valence-electron chi connectivity index (χ2n) is 20.2. The minimum absolute atomic E-state index is 0.0844. The molecule has 0 rings (SSSR count). The molecule has 0 saturated carbocycles. The lowest BCUT2D eigenvalue weighted by molar-refractivity contribution is -0.167. The normalized spacial score (nSPS) is 12.5. The van der Waals surface area contributed by atoms with Crippen molar-refractivity contribution in [3.05, 3.63) is 72.9 Å². The molecule has 0 aliphatic carbocycles. The van der Waals surface area contributed by atoms with Crippen LogP contribution in [0.25, 0.3) is 0 Å². The van der Waals surface area contributed by atoms with Gasteiger partial charge in [-0.25, -0.2) is 0 Å². The molecule has 6 heteroatoms. The van der Waals surface area contributed by atoms with E-state index < -0.39 is 6.10 Å². The van der Waals surface area contributed by atoms with E-state index in [-0.39, 0.29) is 31.1 Å². The Morgan fingerprint density at radius 1 is 0.282 bits per heavy atom. The molecule has 410 valence electrons. The van der Waals surface area contributed by atoms with Gasteiger partial charge >= 0.3 is 17.9 Å². The number of rotatable bonds is 55. The molecule has 71 heavy (non-hydrogen) atoms. The van der Waals surface area contributed by atoms with Crippen molar-refractivity contribution < 1.29 is 28.6 Å². The highest BCUT2D eigenvalue weighted by Crippen LogP contribution is 2.15. The summed E-state index contributed by atoms with van der Waals surface area (Å²) in [5.41, 5.74) is 0. The van der Waals surface area contributed by atoms with Gasteiger partial charge in [-0.1, -0.05) is 241 Å². The molecule has 6 nitrogen and oxygen atoms in total. The fraction of sp³-hybridized carbons (Fsp3) is 0.769. The van der Waals surface area contributed by atoms with Crippen molar-refractivity contribution in [2.45, 2.75) is 309 Å². The number of ether oxygens (including phenoxy) is 3. The van der Waals surface area contributed by atoms with E-state index in [4.69, 9.17) is 14.2 Å². The summed E-state index contributed by atoms with van der Waals surface area (Å²) in [5.74, 6) is -0.898. The minimum Gasteiger partial charge on any atom is -0.462 e. The number of unbranched alkanes of at least 4 members (excludes halogenated alkanes) is 32. The lowest BCUT2D eigenvalue weighted by atomic mass is 10.1. The lowest BCUT2D eigenvalue weighted by Crippen LogP contribution is -2.30. The standard InChI is InChI=1S/C65H114O6/c1-4-7-10-13-16-19-22-25-28-31-32-35-37-40-43-46-49-52-55-58-64(67)70-61-62(71-65(68)59-56-53-50-47-44-41-38-34-30-27-24-21-18-15-12-9-6-3)60-69-63(66)57-54-51-48-45-42-39-36-33-29-26-23-20-17-14-11-8-5-2/h16,18-19,21,25-30,32,35,62H,4-15,17,20,22-24,31,33-34,36-61H2,1-3H3/b19-16-,21-18-,28-25-,29-26-,30-27-,35-32-/t62-/m1/s1. The Morgan fingerprint density at radius 2 is 0.507 bits per heavy atom. The van der Waals surface area contributed by atoms with Crippen molar-refractivity contribution in [1.29, 1.82) is 0 Å². The number of carbonyl (C=O) groups excluding carboxylic acids is 3. The van der Waals surface area contributed by atoms with Gasteiger partial charge in [-0.15, -0.1) is 0 Å². The van der Waals surface area contributed by atoms with Gasteiger partial charge < -0.3 is 14.2 Å². The first-order chi connectivity index (χ1) is 35.0. The molecule has 0 aliphatic heterocycles. The first-order valence-electron chi connectivity index (χ1n) is 30.4. The van der Waals surface area contributed by atoms with E-state index in [9.17, 15) is 14.4 Å². The predicted octanol–water partition coefficient (Wildman–Crippen LogP) is 20.5. The molecule has 0 N–H and O–H groups in total. The smallest absolute Gasteiger partial charge is 0.306 e. The number of hydrogen-bond donors (Lipinski definition) is 0. The fourth-order valence-corrected chi connectivity index (χ4v) is 8.53. The Labute approximate surface area is 440 Å². The molecule has 0 unspecified atom stereocenters. The van der Waals surface area contributed by atoms with Gasteiger partial charge in [-0.05, 0) is 116 Å². The molecule has 0 aliphatic rings. The van der Waals surface area contributed by atoms with E-state index in [0.29, 0.717) is 19.3 Å². The molecule has 0 fully saturated rings. The summed E-state index contributed by atoms with van der Waals surface area (Å²) in [6.45, 7) is 6.59. The highest BCUT2D eigenvalue weighted by Gasteiger charge is 2.19.